The van der Waals surface area contributed by atoms with Crippen molar-refractivity contribution in [2.24, 2.45) is 0 Å². The quantitative estimate of drug-likeness (QED) is 0.175. The number of thiol groups is 1. The van der Waals surface area contributed by atoms with Gasteiger partial charge in [-0.05, 0) is 50.3 Å². The maximum absolute atomic E-state index is 14.0. The Hall–Kier alpha value is -3.00. The van der Waals surface area contributed by atoms with Gasteiger partial charge in [0, 0.05) is 18.8 Å². The van der Waals surface area contributed by atoms with Crippen LogP contribution in [0.15, 0.2) is 54.6 Å². The van der Waals surface area contributed by atoms with Crippen LogP contribution < -0.4 is 10.6 Å². The Balaban J connectivity index is 2.41. The topological polar surface area (TPSA) is 87.7 Å². The molecular weight excluding hydrogens is 522 g/mol. The van der Waals surface area contributed by atoms with Crippen LogP contribution in [0.2, 0.25) is 0 Å². The summed E-state index contributed by atoms with van der Waals surface area (Å²) in [5.74, 6) is -0.571. The number of amides is 3. The van der Waals surface area contributed by atoms with Crippen molar-refractivity contribution < 1.29 is 19.1 Å². The van der Waals surface area contributed by atoms with E-state index in [-0.39, 0.29) is 17.6 Å². The highest BCUT2D eigenvalue weighted by Gasteiger charge is 2.35. The zero-order valence-electron chi connectivity index (χ0n) is 24.7. The third kappa shape index (κ3) is 11.2. The van der Waals surface area contributed by atoms with Crippen molar-refractivity contribution in [3.05, 3.63) is 71.3 Å². The van der Waals surface area contributed by atoms with Crippen molar-refractivity contribution in [3.63, 3.8) is 0 Å². The van der Waals surface area contributed by atoms with Gasteiger partial charge in [-0.3, -0.25) is 9.59 Å². The summed E-state index contributed by atoms with van der Waals surface area (Å²) in [6.07, 6.45) is 5.14. The molecule has 0 spiro atoms. The van der Waals surface area contributed by atoms with E-state index < -0.39 is 23.8 Å². The number of alkyl carbamates (subject to hydrolysis) is 1. The van der Waals surface area contributed by atoms with Gasteiger partial charge in [-0.15, -0.1) is 0 Å². The summed E-state index contributed by atoms with van der Waals surface area (Å²) in [5.41, 5.74) is 2.12. The molecule has 3 amide bonds. The molecular formula is C32H47N3O4S. The summed E-state index contributed by atoms with van der Waals surface area (Å²) < 4.78 is 5.40. The summed E-state index contributed by atoms with van der Waals surface area (Å²) in [4.78, 5) is 42.1. The Morgan fingerprint density at radius 3 is 2.12 bits per heavy atom. The van der Waals surface area contributed by atoms with Gasteiger partial charge in [0.1, 0.15) is 17.7 Å². The first-order valence-electron chi connectivity index (χ1n) is 14.4. The third-order valence-electron chi connectivity index (χ3n) is 6.53. The molecule has 0 aliphatic carbocycles. The molecule has 0 saturated heterocycles. The number of rotatable bonds is 15. The monoisotopic (exact) mass is 569 g/mol. The Morgan fingerprint density at radius 2 is 1.55 bits per heavy atom. The van der Waals surface area contributed by atoms with Crippen molar-refractivity contribution in [1.29, 1.82) is 0 Å². The lowest BCUT2D eigenvalue weighted by molar-refractivity contribution is -0.142. The first-order chi connectivity index (χ1) is 19.1. The molecule has 2 atom stereocenters. The largest absolute Gasteiger partial charge is 0.444 e. The van der Waals surface area contributed by atoms with Crippen LogP contribution in [-0.4, -0.2) is 46.7 Å². The van der Waals surface area contributed by atoms with E-state index in [4.69, 9.17) is 4.74 Å². The molecule has 2 aromatic rings. The Labute approximate surface area is 245 Å². The van der Waals surface area contributed by atoms with E-state index in [9.17, 15) is 14.4 Å². The van der Waals surface area contributed by atoms with Gasteiger partial charge in [0.25, 0.3) is 0 Å². The maximum Gasteiger partial charge on any atom is 0.408 e. The zero-order valence-corrected chi connectivity index (χ0v) is 25.6. The number of aryl methyl sites for hydroxylation is 1. The number of unbranched alkanes of at least 4 members (excludes halogenated alkanes) is 4. The molecule has 2 N–H and O–H groups in total. The fourth-order valence-corrected chi connectivity index (χ4v) is 4.63. The molecule has 0 radical (unpaired) electrons. The lowest BCUT2D eigenvalue weighted by Gasteiger charge is -2.34. The zero-order chi connectivity index (χ0) is 29.5. The number of ether oxygens (including phenoxy) is 1. The molecule has 2 aromatic carbocycles. The van der Waals surface area contributed by atoms with Gasteiger partial charge < -0.3 is 20.3 Å². The number of nitrogens with one attached hydrogen (secondary N) is 2. The van der Waals surface area contributed by atoms with Gasteiger partial charge >= 0.3 is 6.09 Å². The van der Waals surface area contributed by atoms with Crippen molar-refractivity contribution in [3.8, 4) is 0 Å². The summed E-state index contributed by atoms with van der Waals surface area (Å²) in [5, 5.41) is 5.71. The average molecular weight is 570 g/mol. The third-order valence-corrected chi connectivity index (χ3v) is 6.90. The molecule has 2 unspecified atom stereocenters. The second-order valence-electron chi connectivity index (χ2n) is 11.0. The van der Waals surface area contributed by atoms with E-state index in [0.29, 0.717) is 13.1 Å². The molecule has 0 aliphatic heterocycles. The fraction of sp³-hybridized carbons (Fsp3) is 0.531. The van der Waals surface area contributed by atoms with Crippen molar-refractivity contribution in [1.82, 2.24) is 15.5 Å². The van der Waals surface area contributed by atoms with Crippen LogP contribution in [0.1, 0.15) is 89.5 Å². The summed E-state index contributed by atoms with van der Waals surface area (Å²) >= 11 is 4.38. The lowest BCUT2D eigenvalue weighted by Crippen LogP contribution is -2.54. The minimum Gasteiger partial charge on any atom is -0.444 e. The fourth-order valence-electron chi connectivity index (χ4n) is 4.38. The summed E-state index contributed by atoms with van der Waals surface area (Å²) in [7, 11) is 0. The highest BCUT2D eigenvalue weighted by atomic mass is 32.1. The highest BCUT2D eigenvalue weighted by Crippen LogP contribution is 2.25. The van der Waals surface area contributed by atoms with Gasteiger partial charge in [-0.1, -0.05) is 94.1 Å². The van der Waals surface area contributed by atoms with E-state index in [1.165, 1.54) is 0 Å². The number of hydrogen-bond donors (Lipinski definition) is 3. The second kappa shape index (κ2) is 17.0. The van der Waals surface area contributed by atoms with Gasteiger partial charge in [-0.2, -0.15) is 12.6 Å². The van der Waals surface area contributed by atoms with Gasteiger partial charge in [-0.25, -0.2) is 4.79 Å². The van der Waals surface area contributed by atoms with E-state index in [2.05, 4.69) is 37.1 Å². The smallest absolute Gasteiger partial charge is 0.408 e. The van der Waals surface area contributed by atoms with Crippen LogP contribution in [0.5, 0.6) is 0 Å². The molecule has 0 aliphatic rings. The molecule has 0 fully saturated rings. The van der Waals surface area contributed by atoms with Crippen LogP contribution in [0, 0.1) is 0 Å². The predicted octanol–water partition coefficient (Wildman–Crippen LogP) is 6.23. The highest BCUT2D eigenvalue weighted by molar-refractivity contribution is 7.80. The van der Waals surface area contributed by atoms with E-state index >= 15 is 0 Å². The van der Waals surface area contributed by atoms with Crippen LogP contribution >= 0.6 is 12.6 Å². The molecule has 2 rings (SSSR count). The van der Waals surface area contributed by atoms with Crippen molar-refractivity contribution in [2.45, 2.75) is 97.4 Å². The number of carbonyl (C=O) groups is 3. The standard InChI is InChI=1S/C32H47N3O4S/c1-6-8-9-10-14-21-35(30(37)27(23-40)34-31(38)39-32(3,4)5)28(26-19-17-24(7-2)18-20-26)29(36)33-22-25-15-12-11-13-16-25/h11-13,15-20,27-28,40H,6-10,14,21-23H2,1-5H3,(H,33,36)(H,34,38). The molecule has 0 heterocycles. The Morgan fingerprint density at radius 1 is 0.900 bits per heavy atom. The van der Waals surface area contributed by atoms with Gasteiger partial charge in [0.15, 0.2) is 0 Å². The molecule has 7 nitrogen and oxygen atoms in total. The minimum absolute atomic E-state index is 0.0670. The van der Waals surface area contributed by atoms with Crippen molar-refractivity contribution >= 4 is 30.5 Å². The van der Waals surface area contributed by atoms with Crippen LogP contribution in [-0.2, 0) is 27.3 Å². The first-order valence-corrected chi connectivity index (χ1v) is 15.0. The van der Waals surface area contributed by atoms with Gasteiger partial charge in [0.2, 0.25) is 11.8 Å². The predicted molar refractivity (Wildman–Crippen MR) is 164 cm³/mol. The lowest BCUT2D eigenvalue weighted by atomic mass is 10.00. The summed E-state index contributed by atoms with van der Waals surface area (Å²) in [6, 6.07) is 15.7. The SMILES string of the molecule is CCCCCCCN(C(=O)C(CS)NC(=O)OC(C)(C)C)C(C(=O)NCc1ccccc1)c1ccc(CC)cc1. The minimum atomic E-state index is -0.951. The second-order valence-corrected chi connectivity index (χ2v) is 11.4. The molecule has 0 saturated carbocycles. The van der Waals surface area contributed by atoms with E-state index in [1.54, 1.807) is 25.7 Å². The first kappa shape index (κ1) is 33.2. The number of benzene rings is 2. The van der Waals surface area contributed by atoms with E-state index in [1.807, 2.05) is 54.6 Å². The molecule has 220 valence electrons. The average Bonchev–Trinajstić information content (AvgIpc) is 2.93. The van der Waals surface area contributed by atoms with Crippen molar-refractivity contribution in [2.75, 3.05) is 12.3 Å². The number of nitrogens with zero attached hydrogens (tertiary/aromatic N) is 1. The molecule has 0 aromatic heterocycles. The van der Waals surface area contributed by atoms with Crippen LogP contribution in [0.4, 0.5) is 4.79 Å². The Bertz CT molecular complexity index is 1050. The van der Waals surface area contributed by atoms with Gasteiger partial charge in [0.05, 0.1) is 0 Å². The maximum atomic E-state index is 14.0. The molecule has 40 heavy (non-hydrogen) atoms. The number of carbonyl (C=O) groups excluding carboxylic acids is 3. The molecule has 8 heteroatoms. The molecule has 0 bridgehead atoms. The number of hydrogen-bond acceptors (Lipinski definition) is 5. The van der Waals surface area contributed by atoms with E-state index in [0.717, 1.165) is 55.2 Å². The summed E-state index contributed by atoms with van der Waals surface area (Å²) in [6.45, 7) is 10.2. The van der Waals surface area contributed by atoms with Crippen LogP contribution in [0.25, 0.3) is 0 Å². The normalized spacial score (nSPS) is 12.8. The Kier molecular flexibility index (Phi) is 14.1. The van der Waals surface area contributed by atoms with Crippen LogP contribution in [0.3, 0.4) is 0 Å².